The Balaban J connectivity index is 1.65. The summed E-state index contributed by atoms with van der Waals surface area (Å²) in [6, 6.07) is 10.3. The molecule has 0 atom stereocenters. The van der Waals surface area contributed by atoms with Crippen LogP contribution < -0.4 is 11.1 Å². The van der Waals surface area contributed by atoms with Crippen LogP contribution in [0.3, 0.4) is 0 Å². The average molecular weight is 342 g/mol. The highest BCUT2D eigenvalue weighted by Gasteiger charge is 2.25. The number of aromatic nitrogens is 2. The summed E-state index contributed by atoms with van der Waals surface area (Å²) in [7, 11) is -3.07. The average Bonchev–Trinajstić information content (AvgIpc) is 3.03. The molecule has 24 heavy (non-hydrogen) atoms. The maximum atomic E-state index is 12.5. The number of anilines is 2. The van der Waals surface area contributed by atoms with Crippen LogP contribution in [0.2, 0.25) is 0 Å². The molecule has 1 aliphatic heterocycles. The van der Waals surface area contributed by atoms with Gasteiger partial charge >= 0.3 is 0 Å². The third-order valence-corrected chi connectivity index (χ3v) is 5.49. The van der Waals surface area contributed by atoms with Crippen LogP contribution in [0, 0.1) is 0 Å². The Morgan fingerprint density at radius 3 is 2.79 bits per heavy atom. The number of benzene rings is 2. The molecule has 0 fully saturated rings. The van der Waals surface area contributed by atoms with Gasteiger partial charge in [-0.05, 0) is 35.4 Å². The molecule has 8 heteroatoms. The summed E-state index contributed by atoms with van der Waals surface area (Å²) >= 11 is 0. The summed E-state index contributed by atoms with van der Waals surface area (Å²) in [5, 5.41) is 2.79. The molecule has 0 radical (unpaired) electrons. The van der Waals surface area contributed by atoms with Gasteiger partial charge in [0.05, 0.1) is 22.6 Å². The fourth-order valence-electron chi connectivity index (χ4n) is 2.94. The Hall–Kier alpha value is -2.87. The maximum absolute atomic E-state index is 12.5. The fourth-order valence-corrected chi connectivity index (χ4v) is 4.54. The van der Waals surface area contributed by atoms with Crippen LogP contribution in [0.25, 0.3) is 11.0 Å². The minimum atomic E-state index is -3.07. The molecule has 0 bridgehead atoms. The summed E-state index contributed by atoms with van der Waals surface area (Å²) in [6.45, 7) is 0. The number of nitrogens with two attached hydrogens (primary N) is 1. The molecule has 0 unspecified atom stereocenters. The number of nitrogens with zero attached hydrogens (tertiary/aromatic N) is 1. The van der Waals surface area contributed by atoms with Crippen LogP contribution in [0.1, 0.15) is 21.5 Å². The van der Waals surface area contributed by atoms with Crippen LogP contribution in [-0.4, -0.2) is 24.3 Å². The van der Waals surface area contributed by atoms with Gasteiger partial charge in [-0.1, -0.05) is 12.1 Å². The molecule has 1 aromatic heterocycles. The molecule has 7 nitrogen and oxygen atoms in total. The van der Waals surface area contributed by atoms with Crippen molar-refractivity contribution in [1.29, 1.82) is 0 Å². The van der Waals surface area contributed by atoms with Crippen molar-refractivity contribution in [3.63, 3.8) is 0 Å². The van der Waals surface area contributed by atoms with Crippen LogP contribution in [0.15, 0.2) is 36.4 Å². The molecular formula is C16H14N4O3S. The second-order valence-electron chi connectivity index (χ2n) is 5.79. The van der Waals surface area contributed by atoms with Crippen molar-refractivity contribution in [2.75, 3.05) is 11.1 Å². The maximum Gasteiger partial charge on any atom is 0.257 e. The van der Waals surface area contributed by atoms with E-state index in [1.165, 1.54) is 0 Å². The number of carbonyl (C=O) groups is 1. The lowest BCUT2D eigenvalue weighted by Crippen LogP contribution is -2.12. The van der Waals surface area contributed by atoms with E-state index in [0.29, 0.717) is 22.3 Å². The Labute approximate surface area is 137 Å². The zero-order chi connectivity index (χ0) is 16.9. The molecule has 4 rings (SSSR count). The Bertz CT molecular complexity index is 1090. The molecule has 3 aromatic rings. The third kappa shape index (κ3) is 2.50. The number of imidazole rings is 1. The molecule has 1 amide bonds. The van der Waals surface area contributed by atoms with Gasteiger partial charge in [-0.3, -0.25) is 4.79 Å². The first-order valence-electron chi connectivity index (χ1n) is 7.29. The summed E-state index contributed by atoms with van der Waals surface area (Å²) in [5.74, 6) is -0.0131. The lowest BCUT2D eigenvalue weighted by atomic mass is 10.1. The first-order chi connectivity index (χ1) is 11.4. The number of nitrogen functional groups attached to an aromatic ring is 1. The van der Waals surface area contributed by atoms with Crippen LogP contribution in [0.4, 0.5) is 11.6 Å². The van der Waals surface area contributed by atoms with Gasteiger partial charge in [0, 0.05) is 5.69 Å². The number of fused-ring (bicyclic) bond motifs is 2. The molecular weight excluding hydrogens is 328 g/mol. The predicted octanol–water partition coefficient (Wildman–Crippen LogP) is 1.83. The summed E-state index contributed by atoms with van der Waals surface area (Å²) in [4.78, 5) is 19.6. The van der Waals surface area contributed by atoms with Crippen molar-refractivity contribution >= 4 is 38.4 Å². The number of nitrogens with one attached hydrogen (secondary N) is 2. The number of rotatable bonds is 2. The van der Waals surface area contributed by atoms with Gasteiger partial charge in [0.15, 0.2) is 15.8 Å². The van der Waals surface area contributed by atoms with Gasteiger partial charge in [0.25, 0.3) is 5.91 Å². The first-order valence-corrected chi connectivity index (χ1v) is 9.11. The van der Waals surface area contributed by atoms with Gasteiger partial charge in [-0.15, -0.1) is 0 Å². The van der Waals surface area contributed by atoms with Crippen molar-refractivity contribution in [1.82, 2.24) is 9.97 Å². The highest BCUT2D eigenvalue weighted by molar-refractivity contribution is 7.90. The molecule has 4 N–H and O–H groups in total. The Morgan fingerprint density at radius 2 is 1.96 bits per heavy atom. The monoisotopic (exact) mass is 342 g/mol. The van der Waals surface area contributed by atoms with E-state index in [1.807, 2.05) is 0 Å². The summed E-state index contributed by atoms with van der Waals surface area (Å²) in [6.07, 6.45) is 0. The first kappa shape index (κ1) is 14.7. The van der Waals surface area contributed by atoms with E-state index in [0.717, 1.165) is 11.1 Å². The highest BCUT2D eigenvalue weighted by Crippen LogP contribution is 2.28. The number of sulfone groups is 1. The molecule has 1 aliphatic rings. The van der Waals surface area contributed by atoms with Crippen molar-refractivity contribution in [3.8, 4) is 0 Å². The van der Waals surface area contributed by atoms with Crippen LogP contribution in [0.5, 0.6) is 0 Å². The van der Waals surface area contributed by atoms with Crippen molar-refractivity contribution in [2.45, 2.75) is 11.5 Å². The fraction of sp³-hybridized carbons (Fsp3) is 0.125. The number of hydrogen-bond donors (Lipinski definition) is 3. The SMILES string of the molecule is Nc1nc2c(C(=O)Nc3ccc4c(c3)CS(=O)(=O)C4)cccc2[nH]1. The molecule has 0 aliphatic carbocycles. The normalized spacial score (nSPS) is 15.3. The Morgan fingerprint density at radius 1 is 1.17 bits per heavy atom. The van der Waals surface area contributed by atoms with E-state index in [2.05, 4.69) is 15.3 Å². The topological polar surface area (TPSA) is 118 Å². The smallest absolute Gasteiger partial charge is 0.257 e. The van der Waals surface area contributed by atoms with Gasteiger partial charge in [-0.25, -0.2) is 13.4 Å². The number of para-hydroxylation sites is 1. The molecule has 0 spiro atoms. The molecule has 122 valence electrons. The van der Waals surface area contributed by atoms with E-state index < -0.39 is 9.84 Å². The zero-order valence-corrected chi connectivity index (χ0v) is 13.4. The number of carbonyl (C=O) groups excluding carboxylic acids is 1. The van der Waals surface area contributed by atoms with E-state index in [4.69, 9.17) is 5.73 Å². The lowest BCUT2D eigenvalue weighted by molar-refractivity contribution is 0.102. The van der Waals surface area contributed by atoms with Crippen molar-refractivity contribution < 1.29 is 13.2 Å². The molecule has 0 saturated heterocycles. The molecule has 2 aromatic carbocycles. The second-order valence-corrected chi connectivity index (χ2v) is 7.86. The van der Waals surface area contributed by atoms with E-state index >= 15 is 0 Å². The lowest BCUT2D eigenvalue weighted by Gasteiger charge is -2.07. The largest absolute Gasteiger partial charge is 0.369 e. The van der Waals surface area contributed by atoms with Crippen LogP contribution >= 0.6 is 0 Å². The van der Waals surface area contributed by atoms with Gasteiger partial charge in [-0.2, -0.15) is 0 Å². The quantitative estimate of drug-likeness (QED) is 0.656. The number of H-pyrrole nitrogens is 1. The number of hydrogen-bond acceptors (Lipinski definition) is 5. The Kier molecular flexibility index (Phi) is 3.10. The van der Waals surface area contributed by atoms with Crippen molar-refractivity contribution in [3.05, 3.63) is 53.1 Å². The van der Waals surface area contributed by atoms with Gasteiger partial charge in [0.2, 0.25) is 0 Å². The highest BCUT2D eigenvalue weighted by atomic mass is 32.2. The number of amides is 1. The van der Waals surface area contributed by atoms with E-state index in [1.54, 1.807) is 36.4 Å². The van der Waals surface area contributed by atoms with E-state index in [-0.39, 0.29) is 23.4 Å². The zero-order valence-electron chi connectivity index (χ0n) is 12.5. The minimum absolute atomic E-state index is 0.0114. The van der Waals surface area contributed by atoms with Crippen molar-refractivity contribution in [2.24, 2.45) is 0 Å². The standard InChI is InChI=1S/C16H14N4O3S/c17-16-19-13-3-1-2-12(14(13)20-16)15(21)18-11-5-4-9-7-24(22,23)8-10(9)6-11/h1-6H,7-8H2,(H,18,21)(H3,17,19,20). The summed E-state index contributed by atoms with van der Waals surface area (Å²) in [5.41, 5.74) is 9.29. The minimum Gasteiger partial charge on any atom is -0.369 e. The van der Waals surface area contributed by atoms with Gasteiger partial charge in [0.1, 0.15) is 5.52 Å². The molecule has 2 heterocycles. The predicted molar refractivity (Wildman–Crippen MR) is 91.2 cm³/mol. The molecule has 0 saturated carbocycles. The summed E-state index contributed by atoms with van der Waals surface area (Å²) < 4.78 is 23.4. The third-order valence-electron chi connectivity index (χ3n) is 3.99. The van der Waals surface area contributed by atoms with Gasteiger partial charge < -0.3 is 16.0 Å². The van der Waals surface area contributed by atoms with Crippen LogP contribution in [-0.2, 0) is 21.3 Å². The number of aromatic amines is 1. The van der Waals surface area contributed by atoms with E-state index in [9.17, 15) is 13.2 Å². The second kappa shape index (κ2) is 5.07.